The van der Waals surface area contributed by atoms with Gasteiger partial charge in [0.15, 0.2) is 23.1 Å². The van der Waals surface area contributed by atoms with E-state index in [0.717, 1.165) is 24.3 Å². The molecule has 0 amide bonds. The van der Waals surface area contributed by atoms with E-state index in [0.29, 0.717) is 0 Å². The summed E-state index contributed by atoms with van der Waals surface area (Å²) >= 11 is 0. The van der Waals surface area contributed by atoms with E-state index < -0.39 is 46.6 Å². The zero-order valence-electron chi connectivity index (χ0n) is 11.6. The topological polar surface area (TPSA) is 135 Å². The molecule has 0 heterocycles. The van der Waals surface area contributed by atoms with Gasteiger partial charge in [-0.05, 0) is 23.8 Å². The molecular weight excluding hydrogens is 304 g/mol. The van der Waals surface area contributed by atoms with E-state index in [1.807, 2.05) is 0 Å². The SMILES string of the molecule is O=C1c2c(O)cc(O)cc2C(=O)[C@@H](c2ccc(O)c(O)c2)[C@H]1O. The number of carbonyl (C=O) groups is 2. The van der Waals surface area contributed by atoms with Crippen LogP contribution >= 0.6 is 0 Å². The Hall–Kier alpha value is -3.06. The molecule has 1 aliphatic rings. The number of Topliss-reactive ketones (excluding diaryl/α,β-unsaturated/α-hetero) is 2. The van der Waals surface area contributed by atoms with Crippen LogP contribution in [-0.2, 0) is 0 Å². The lowest BCUT2D eigenvalue weighted by Crippen LogP contribution is -2.39. The normalized spacial score (nSPS) is 20.4. The molecule has 23 heavy (non-hydrogen) atoms. The molecule has 0 aliphatic heterocycles. The van der Waals surface area contributed by atoms with Gasteiger partial charge in [-0.1, -0.05) is 6.07 Å². The monoisotopic (exact) mass is 316 g/mol. The Labute approximate surface area is 129 Å². The number of phenolic OH excluding ortho intramolecular Hbond substituents is 4. The van der Waals surface area contributed by atoms with Gasteiger partial charge in [0.1, 0.15) is 17.6 Å². The van der Waals surface area contributed by atoms with Crippen molar-refractivity contribution >= 4 is 11.6 Å². The highest BCUT2D eigenvalue weighted by atomic mass is 16.3. The van der Waals surface area contributed by atoms with Crippen molar-refractivity contribution in [3.8, 4) is 23.0 Å². The largest absolute Gasteiger partial charge is 0.508 e. The van der Waals surface area contributed by atoms with Crippen LogP contribution in [0.25, 0.3) is 0 Å². The number of hydrogen-bond acceptors (Lipinski definition) is 7. The maximum atomic E-state index is 12.6. The van der Waals surface area contributed by atoms with Crippen molar-refractivity contribution in [1.29, 1.82) is 0 Å². The minimum Gasteiger partial charge on any atom is -0.508 e. The van der Waals surface area contributed by atoms with Crippen molar-refractivity contribution in [2.75, 3.05) is 0 Å². The lowest BCUT2D eigenvalue weighted by molar-refractivity contribution is 0.0594. The number of phenols is 4. The number of fused-ring (bicyclic) bond motifs is 1. The molecule has 2 atom stereocenters. The van der Waals surface area contributed by atoms with Gasteiger partial charge in [0.05, 0.1) is 11.5 Å². The highest BCUT2D eigenvalue weighted by Gasteiger charge is 2.43. The van der Waals surface area contributed by atoms with Gasteiger partial charge in [-0.25, -0.2) is 0 Å². The number of hydrogen-bond donors (Lipinski definition) is 5. The molecule has 5 N–H and O–H groups in total. The first-order chi connectivity index (χ1) is 10.8. The number of benzene rings is 2. The highest BCUT2D eigenvalue weighted by Crippen LogP contribution is 2.40. The fourth-order valence-corrected chi connectivity index (χ4v) is 2.74. The van der Waals surface area contributed by atoms with E-state index >= 15 is 0 Å². The first-order valence-electron chi connectivity index (χ1n) is 6.65. The average Bonchev–Trinajstić information content (AvgIpc) is 2.48. The minimum absolute atomic E-state index is 0.125. The molecule has 118 valence electrons. The third-order valence-corrected chi connectivity index (χ3v) is 3.84. The highest BCUT2D eigenvalue weighted by molar-refractivity contribution is 6.20. The molecular formula is C16H12O7. The van der Waals surface area contributed by atoms with Crippen LogP contribution < -0.4 is 0 Å². The van der Waals surface area contributed by atoms with Crippen molar-refractivity contribution in [1.82, 2.24) is 0 Å². The first-order valence-corrected chi connectivity index (χ1v) is 6.65. The van der Waals surface area contributed by atoms with Crippen LogP contribution in [0, 0.1) is 0 Å². The average molecular weight is 316 g/mol. The molecule has 0 spiro atoms. The number of aliphatic hydroxyl groups excluding tert-OH is 1. The lowest BCUT2D eigenvalue weighted by atomic mass is 9.76. The molecule has 0 bridgehead atoms. The standard InChI is InChI=1S/C16H12O7/c17-7-4-8-13(11(20)5-7)16(23)15(22)12(14(8)21)6-1-2-9(18)10(19)3-6/h1-5,12,15,17-20,22H/t12-,15-/m1/s1. The van der Waals surface area contributed by atoms with E-state index in [-0.39, 0.29) is 16.7 Å². The third kappa shape index (κ3) is 2.18. The summed E-state index contributed by atoms with van der Waals surface area (Å²) in [5.74, 6) is -4.77. The molecule has 3 rings (SSSR count). The maximum absolute atomic E-state index is 12.6. The van der Waals surface area contributed by atoms with E-state index in [2.05, 4.69) is 0 Å². The van der Waals surface area contributed by atoms with E-state index in [4.69, 9.17) is 0 Å². The molecule has 0 radical (unpaired) electrons. The summed E-state index contributed by atoms with van der Waals surface area (Å²) in [6, 6.07) is 5.44. The van der Waals surface area contributed by atoms with Crippen LogP contribution in [0.2, 0.25) is 0 Å². The summed E-state index contributed by atoms with van der Waals surface area (Å²) in [5, 5.41) is 48.3. The minimum atomic E-state index is -1.76. The summed E-state index contributed by atoms with van der Waals surface area (Å²) in [4.78, 5) is 24.9. The number of ketones is 2. The molecule has 0 unspecified atom stereocenters. The molecule has 0 fully saturated rings. The van der Waals surface area contributed by atoms with Gasteiger partial charge in [0.25, 0.3) is 0 Å². The van der Waals surface area contributed by atoms with Gasteiger partial charge < -0.3 is 25.5 Å². The third-order valence-electron chi connectivity index (χ3n) is 3.84. The van der Waals surface area contributed by atoms with Gasteiger partial charge in [0, 0.05) is 11.6 Å². The van der Waals surface area contributed by atoms with Gasteiger partial charge >= 0.3 is 0 Å². The van der Waals surface area contributed by atoms with Crippen LogP contribution in [0.15, 0.2) is 30.3 Å². The smallest absolute Gasteiger partial charge is 0.196 e. The summed E-state index contributed by atoms with van der Waals surface area (Å²) in [5.41, 5.74) is -0.436. The molecule has 0 aromatic heterocycles. The second-order valence-corrected chi connectivity index (χ2v) is 5.29. The summed E-state index contributed by atoms with van der Waals surface area (Å²) in [6.45, 7) is 0. The van der Waals surface area contributed by atoms with E-state index in [9.17, 15) is 35.1 Å². The maximum Gasteiger partial charge on any atom is 0.196 e. The quantitative estimate of drug-likeness (QED) is 0.496. The van der Waals surface area contributed by atoms with Crippen LogP contribution in [0.5, 0.6) is 23.0 Å². The van der Waals surface area contributed by atoms with Gasteiger partial charge in [-0.15, -0.1) is 0 Å². The molecule has 0 saturated heterocycles. The number of rotatable bonds is 1. The first kappa shape index (κ1) is 14.9. The fraction of sp³-hybridized carbons (Fsp3) is 0.125. The van der Waals surface area contributed by atoms with Crippen molar-refractivity contribution in [2.45, 2.75) is 12.0 Å². The molecule has 1 aliphatic carbocycles. The Morgan fingerprint density at radius 2 is 1.48 bits per heavy atom. The van der Waals surface area contributed by atoms with E-state index in [1.54, 1.807) is 0 Å². The van der Waals surface area contributed by atoms with E-state index in [1.165, 1.54) is 6.07 Å². The fourth-order valence-electron chi connectivity index (χ4n) is 2.74. The summed E-state index contributed by atoms with van der Waals surface area (Å²) < 4.78 is 0. The van der Waals surface area contributed by atoms with Crippen LogP contribution in [0.4, 0.5) is 0 Å². The van der Waals surface area contributed by atoms with Crippen LogP contribution in [0.3, 0.4) is 0 Å². The van der Waals surface area contributed by atoms with Crippen molar-refractivity contribution in [3.05, 3.63) is 47.0 Å². The second-order valence-electron chi connectivity index (χ2n) is 5.29. The Bertz CT molecular complexity index is 841. The van der Waals surface area contributed by atoms with Crippen molar-refractivity contribution < 1.29 is 35.1 Å². The Morgan fingerprint density at radius 1 is 0.783 bits per heavy atom. The second kappa shape index (κ2) is 4.99. The number of aliphatic hydroxyl groups is 1. The molecule has 0 saturated carbocycles. The zero-order chi connectivity index (χ0) is 16.9. The summed E-state index contributed by atoms with van der Waals surface area (Å²) in [6.07, 6.45) is -1.76. The predicted molar refractivity (Wildman–Crippen MR) is 77.0 cm³/mol. The number of carbonyl (C=O) groups excluding carboxylic acids is 2. The van der Waals surface area contributed by atoms with Crippen molar-refractivity contribution in [3.63, 3.8) is 0 Å². The van der Waals surface area contributed by atoms with Gasteiger partial charge in [0.2, 0.25) is 0 Å². The zero-order valence-corrected chi connectivity index (χ0v) is 11.6. The molecule has 7 nitrogen and oxygen atoms in total. The molecule has 7 heteroatoms. The number of aromatic hydroxyl groups is 4. The van der Waals surface area contributed by atoms with Gasteiger partial charge in [-0.3, -0.25) is 9.59 Å². The lowest BCUT2D eigenvalue weighted by Gasteiger charge is -2.28. The Morgan fingerprint density at radius 3 is 2.13 bits per heavy atom. The predicted octanol–water partition coefficient (Wildman–Crippen LogP) is 1.03. The van der Waals surface area contributed by atoms with Crippen LogP contribution in [0.1, 0.15) is 32.2 Å². The Balaban J connectivity index is 2.19. The summed E-state index contributed by atoms with van der Waals surface area (Å²) in [7, 11) is 0. The van der Waals surface area contributed by atoms with Crippen molar-refractivity contribution in [2.24, 2.45) is 0 Å². The molecule has 2 aromatic carbocycles. The van der Waals surface area contributed by atoms with Crippen LogP contribution in [-0.4, -0.2) is 43.2 Å². The Kier molecular flexibility index (Phi) is 3.23. The van der Waals surface area contributed by atoms with Gasteiger partial charge in [-0.2, -0.15) is 0 Å². The molecule has 2 aromatic rings.